The molecule has 0 bridgehead atoms. The Labute approximate surface area is 79.2 Å². The highest BCUT2D eigenvalue weighted by molar-refractivity contribution is 5.96. The van der Waals surface area contributed by atoms with Gasteiger partial charge in [-0.2, -0.15) is 0 Å². The molecule has 74 valence electrons. The van der Waals surface area contributed by atoms with Crippen molar-refractivity contribution in [2.45, 2.75) is 13.0 Å². The Hall–Kier alpha value is -1.91. The van der Waals surface area contributed by atoms with Gasteiger partial charge in [0.2, 0.25) is 5.75 Å². The van der Waals surface area contributed by atoms with E-state index in [2.05, 4.69) is 0 Å². The Balaban J connectivity index is 2.76. The number of phenols is 3. The Morgan fingerprint density at radius 1 is 1.29 bits per heavy atom. The topological polar surface area (TPSA) is 87.0 Å². The van der Waals surface area contributed by atoms with Crippen LogP contribution in [0.1, 0.15) is 28.9 Å². The van der Waals surface area contributed by atoms with Crippen LogP contribution >= 0.6 is 0 Å². The fourth-order valence-corrected chi connectivity index (χ4v) is 1.52. The fourth-order valence-electron chi connectivity index (χ4n) is 1.52. The van der Waals surface area contributed by atoms with Gasteiger partial charge >= 0.3 is 5.97 Å². The first-order valence-corrected chi connectivity index (χ1v) is 4.01. The van der Waals surface area contributed by atoms with Gasteiger partial charge in [-0.05, 0) is 13.0 Å². The molecule has 14 heavy (non-hydrogen) atoms. The maximum absolute atomic E-state index is 11.2. The van der Waals surface area contributed by atoms with Gasteiger partial charge in [-0.25, -0.2) is 4.79 Å². The first-order valence-electron chi connectivity index (χ1n) is 4.01. The van der Waals surface area contributed by atoms with Crippen molar-refractivity contribution in [3.05, 3.63) is 17.2 Å². The average molecular weight is 196 g/mol. The molecule has 0 saturated heterocycles. The molecule has 0 spiro atoms. The van der Waals surface area contributed by atoms with Crippen molar-refractivity contribution in [2.24, 2.45) is 0 Å². The number of carbonyl (C=O) groups is 1. The van der Waals surface area contributed by atoms with Gasteiger partial charge in [-0.1, -0.05) is 0 Å². The van der Waals surface area contributed by atoms with Crippen molar-refractivity contribution in [1.82, 2.24) is 0 Å². The summed E-state index contributed by atoms with van der Waals surface area (Å²) in [6.07, 6.45) is -0.607. The summed E-state index contributed by atoms with van der Waals surface area (Å²) < 4.78 is 4.80. The molecule has 3 N–H and O–H groups in total. The number of phenolic OH excluding ortho intramolecular Hbond substituents is 3. The molecule has 1 unspecified atom stereocenters. The molecule has 1 aromatic rings. The van der Waals surface area contributed by atoms with Crippen LogP contribution in [0.15, 0.2) is 6.07 Å². The van der Waals surface area contributed by atoms with E-state index in [0.717, 1.165) is 6.07 Å². The largest absolute Gasteiger partial charge is 0.504 e. The zero-order chi connectivity index (χ0) is 10.5. The van der Waals surface area contributed by atoms with Crippen LogP contribution in [0.3, 0.4) is 0 Å². The minimum atomic E-state index is -0.631. The predicted molar refractivity (Wildman–Crippen MR) is 45.3 cm³/mol. The van der Waals surface area contributed by atoms with E-state index in [-0.39, 0.29) is 11.1 Å². The summed E-state index contributed by atoms with van der Waals surface area (Å²) >= 11 is 0. The van der Waals surface area contributed by atoms with Gasteiger partial charge in [0.1, 0.15) is 6.10 Å². The van der Waals surface area contributed by atoms with E-state index < -0.39 is 29.3 Å². The Kier molecular flexibility index (Phi) is 1.57. The summed E-state index contributed by atoms with van der Waals surface area (Å²) in [7, 11) is 0. The van der Waals surface area contributed by atoms with Crippen molar-refractivity contribution in [1.29, 1.82) is 0 Å². The van der Waals surface area contributed by atoms with Crippen molar-refractivity contribution in [3.63, 3.8) is 0 Å². The normalized spacial score (nSPS) is 19.2. The van der Waals surface area contributed by atoms with E-state index in [1.165, 1.54) is 0 Å². The molecule has 1 aliphatic heterocycles. The van der Waals surface area contributed by atoms with Crippen LogP contribution in [0.25, 0.3) is 0 Å². The third-order valence-corrected chi connectivity index (χ3v) is 2.20. The molecule has 2 rings (SSSR count). The zero-order valence-corrected chi connectivity index (χ0v) is 7.31. The Morgan fingerprint density at radius 3 is 2.57 bits per heavy atom. The molecule has 1 aliphatic rings. The number of rotatable bonds is 0. The van der Waals surface area contributed by atoms with Crippen LogP contribution in [0.2, 0.25) is 0 Å². The highest BCUT2D eigenvalue weighted by Gasteiger charge is 2.33. The predicted octanol–water partition coefficient (Wildman–Crippen LogP) is 1.03. The maximum Gasteiger partial charge on any atom is 0.339 e. The first-order chi connectivity index (χ1) is 6.52. The zero-order valence-electron chi connectivity index (χ0n) is 7.31. The van der Waals surface area contributed by atoms with Crippen LogP contribution < -0.4 is 0 Å². The Bertz CT molecular complexity index is 424. The average Bonchev–Trinajstić information content (AvgIpc) is 2.38. The summed E-state index contributed by atoms with van der Waals surface area (Å²) in [5.41, 5.74) is 0.301. The summed E-state index contributed by atoms with van der Waals surface area (Å²) in [6, 6.07) is 1.08. The third-order valence-electron chi connectivity index (χ3n) is 2.20. The number of aromatic hydroxyl groups is 3. The second-order valence-electron chi connectivity index (χ2n) is 3.10. The number of hydrogen-bond acceptors (Lipinski definition) is 5. The smallest absolute Gasteiger partial charge is 0.339 e. The lowest BCUT2D eigenvalue weighted by Crippen LogP contribution is -1.93. The van der Waals surface area contributed by atoms with Gasteiger partial charge in [-0.15, -0.1) is 0 Å². The number of esters is 1. The molecule has 1 aromatic carbocycles. The van der Waals surface area contributed by atoms with E-state index >= 15 is 0 Å². The van der Waals surface area contributed by atoms with E-state index in [1.54, 1.807) is 6.92 Å². The molecule has 5 nitrogen and oxygen atoms in total. The number of cyclic esters (lactones) is 1. The van der Waals surface area contributed by atoms with Gasteiger partial charge in [0.25, 0.3) is 0 Å². The van der Waals surface area contributed by atoms with Crippen LogP contribution in [0, 0.1) is 0 Å². The van der Waals surface area contributed by atoms with Crippen LogP contribution in [0.4, 0.5) is 0 Å². The summed E-state index contributed by atoms with van der Waals surface area (Å²) in [6.45, 7) is 1.57. The minimum Gasteiger partial charge on any atom is -0.504 e. The van der Waals surface area contributed by atoms with Gasteiger partial charge in [0.05, 0.1) is 11.1 Å². The Morgan fingerprint density at radius 2 is 1.93 bits per heavy atom. The highest BCUT2D eigenvalue weighted by atomic mass is 16.5. The van der Waals surface area contributed by atoms with Gasteiger partial charge in [-0.3, -0.25) is 0 Å². The minimum absolute atomic E-state index is 0.0882. The number of ether oxygens (including phenoxy) is 1. The summed E-state index contributed by atoms with van der Waals surface area (Å²) in [5.74, 6) is -2.28. The molecule has 0 aromatic heterocycles. The number of benzene rings is 1. The second kappa shape index (κ2) is 2.54. The van der Waals surface area contributed by atoms with Crippen LogP contribution in [-0.4, -0.2) is 21.3 Å². The van der Waals surface area contributed by atoms with Gasteiger partial charge < -0.3 is 20.1 Å². The van der Waals surface area contributed by atoms with Crippen molar-refractivity contribution in [3.8, 4) is 17.2 Å². The van der Waals surface area contributed by atoms with Gasteiger partial charge in [0, 0.05) is 0 Å². The van der Waals surface area contributed by atoms with Crippen molar-refractivity contribution >= 4 is 5.97 Å². The molecule has 0 aliphatic carbocycles. The van der Waals surface area contributed by atoms with E-state index in [1.807, 2.05) is 0 Å². The van der Waals surface area contributed by atoms with Crippen molar-refractivity contribution in [2.75, 3.05) is 0 Å². The number of fused-ring (bicyclic) bond motifs is 1. The van der Waals surface area contributed by atoms with Crippen molar-refractivity contribution < 1.29 is 24.9 Å². The van der Waals surface area contributed by atoms with Gasteiger partial charge in [0.15, 0.2) is 11.5 Å². The molecule has 0 amide bonds. The number of hydrogen-bond donors (Lipinski definition) is 3. The molecular weight excluding hydrogens is 188 g/mol. The molecular formula is C9H8O5. The van der Waals surface area contributed by atoms with Crippen LogP contribution in [-0.2, 0) is 4.74 Å². The molecule has 1 atom stereocenters. The lowest BCUT2D eigenvalue weighted by Gasteiger charge is -2.07. The lowest BCUT2D eigenvalue weighted by atomic mass is 10.0. The first kappa shape index (κ1) is 8.68. The van der Waals surface area contributed by atoms with E-state index in [0.29, 0.717) is 0 Å². The molecule has 0 radical (unpaired) electrons. The molecule has 1 heterocycles. The SMILES string of the molecule is CC1OC(=O)c2cc(O)c(O)c(O)c21. The van der Waals surface area contributed by atoms with E-state index in [9.17, 15) is 15.0 Å². The lowest BCUT2D eigenvalue weighted by molar-refractivity contribution is 0.0419. The summed E-state index contributed by atoms with van der Waals surface area (Å²) in [4.78, 5) is 11.2. The maximum atomic E-state index is 11.2. The summed E-state index contributed by atoms with van der Waals surface area (Å²) in [5, 5.41) is 27.8. The molecule has 5 heteroatoms. The highest BCUT2D eigenvalue weighted by Crippen LogP contribution is 2.46. The third kappa shape index (κ3) is 0.921. The number of carbonyl (C=O) groups excluding carboxylic acids is 1. The molecule has 0 saturated carbocycles. The standard InChI is InChI=1S/C9H8O5/c1-3-6-4(9(13)14-3)2-5(10)7(11)8(6)12/h2-3,10-12H,1H3. The fraction of sp³-hybridized carbons (Fsp3) is 0.222. The van der Waals surface area contributed by atoms with Crippen LogP contribution in [0.5, 0.6) is 17.2 Å². The van der Waals surface area contributed by atoms with E-state index in [4.69, 9.17) is 9.84 Å². The molecule has 0 fully saturated rings. The second-order valence-corrected chi connectivity index (χ2v) is 3.10. The quantitative estimate of drug-likeness (QED) is 0.426. The monoisotopic (exact) mass is 196 g/mol.